The van der Waals surface area contributed by atoms with Gasteiger partial charge < -0.3 is 25.2 Å². The molecule has 0 unspecified atom stereocenters. The Hall–Kier alpha value is -1.02. The van der Waals surface area contributed by atoms with Crippen LogP contribution in [0.2, 0.25) is 0 Å². The van der Waals surface area contributed by atoms with E-state index < -0.39 is 43.3 Å². The number of aliphatic hydroxyl groups is 4. The van der Waals surface area contributed by atoms with Crippen molar-refractivity contribution >= 4 is 11.8 Å². The molecule has 18 heavy (non-hydrogen) atoms. The van der Waals surface area contributed by atoms with Crippen LogP contribution < -0.4 is 0 Å². The van der Waals surface area contributed by atoms with E-state index in [0.29, 0.717) is 6.42 Å². The predicted molar refractivity (Wildman–Crippen MR) is 60.6 cm³/mol. The molecule has 7 nitrogen and oxygen atoms in total. The molecular formula is C11H20O7. The Balaban J connectivity index is 4.05. The Labute approximate surface area is 105 Å². The maximum atomic E-state index is 11.3. The van der Waals surface area contributed by atoms with Crippen LogP contribution in [0.1, 0.15) is 26.2 Å². The SMILES string of the molecule is CCCCC(=O)OCC(=O)[C@@H](O)[C@H](O)[C@H](O)CO. The molecule has 0 fully saturated rings. The molecule has 0 rings (SSSR count). The van der Waals surface area contributed by atoms with Gasteiger partial charge in [0.2, 0.25) is 5.78 Å². The Morgan fingerprint density at radius 2 is 1.83 bits per heavy atom. The number of carbonyl (C=O) groups is 2. The first-order valence-electron chi connectivity index (χ1n) is 5.77. The van der Waals surface area contributed by atoms with Crippen LogP contribution in [0.25, 0.3) is 0 Å². The molecule has 0 aromatic heterocycles. The standard InChI is InChI=1S/C11H20O7/c1-2-3-4-9(15)18-6-8(14)11(17)10(16)7(13)5-12/h7,10-13,16-17H,2-6H2,1H3/t7-,10-,11-/m1/s1. The first kappa shape index (κ1) is 17.0. The highest BCUT2D eigenvalue weighted by Gasteiger charge is 2.30. The molecule has 7 heteroatoms. The second-order valence-corrected chi connectivity index (χ2v) is 3.92. The van der Waals surface area contributed by atoms with Gasteiger partial charge in [-0.2, -0.15) is 0 Å². The summed E-state index contributed by atoms with van der Waals surface area (Å²) < 4.78 is 4.59. The van der Waals surface area contributed by atoms with Crippen molar-refractivity contribution in [3.8, 4) is 0 Å². The molecule has 0 heterocycles. The summed E-state index contributed by atoms with van der Waals surface area (Å²) in [7, 11) is 0. The molecule has 0 aliphatic carbocycles. The topological polar surface area (TPSA) is 124 Å². The van der Waals surface area contributed by atoms with Crippen LogP contribution in [0.5, 0.6) is 0 Å². The zero-order valence-corrected chi connectivity index (χ0v) is 10.3. The van der Waals surface area contributed by atoms with E-state index in [2.05, 4.69) is 4.74 Å². The molecule has 0 radical (unpaired) electrons. The highest BCUT2D eigenvalue weighted by Crippen LogP contribution is 2.03. The molecule has 106 valence electrons. The average molecular weight is 264 g/mol. The lowest BCUT2D eigenvalue weighted by molar-refractivity contribution is -0.155. The number of hydrogen-bond acceptors (Lipinski definition) is 7. The first-order valence-corrected chi connectivity index (χ1v) is 5.77. The molecule has 0 saturated carbocycles. The zero-order valence-electron chi connectivity index (χ0n) is 10.3. The minimum atomic E-state index is -1.90. The van der Waals surface area contributed by atoms with Crippen LogP contribution in [-0.4, -0.2) is 63.7 Å². The number of carbonyl (C=O) groups excluding carboxylic acids is 2. The lowest BCUT2D eigenvalue weighted by Gasteiger charge is -2.20. The van der Waals surface area contributed by atoms with E-state index in [0.717, 1.165) is 6.42 Å². The summed E-state index contributed by atoms with van der Waals surface area (Å²) in [4.78, 5) is 22.4. The Kier molecular flexibility index (Phi) is 8.47. The Bertz CT molecular complexity index is 266. The van der Waals surface area contributed by atoms with Crippen molar-refractivity contribution in [2.24, 2.45) is 0 Å². The van der Waals surface area contributed by atoms with Crippen molar-refractivity contribution in [3.63, 3.8) is 0 Å². The second kappa shape index (κ2) is 8.98. The van der Waals surface area contributed by atoms with Gasteiger partial charge in [0.05, 0.1) is 6.61 Å². The smallest absolute Gasteiger partial charge is 0.306 e. The van der Waals surface area contributed by atoms with Crippen LogP contribution in [0.4, 0.5) is 0 Å². The van der Waals surface area contributed by atoms with Crippen molar-refractivity contribution in [1.82, 2.24) is 0 Å². The van der Waals surface area contributed by atoms with Crippen LogP contribution in [0, 0.1) is 0 Å². The van der Waals surface area contributed by atoms with Gasteiger partial charge in [0.1, 0.15) is 18.3 Å². The van der Waals surface area contributed by atoms with E-state index in [9.17, 15) is 19.8 Å². The summed E-state index contributed by atoms with van der Waals surface area (Å²) in [6.45, 7) is 0.440. The summed E-state index contributed by atoms with van der Waals surface area (Å²) in [5.41, 5.74) is 0. The number of rotatable bonds is 9. The molecule has 0 spiro atoms. The minimum Gasteiger partial charge on any atom is -0.458 e. The van der Waals surface area contributed by atoms with Crippen LogP contribution in [0.3, 0.4) is 0 Å². The Morgan fingerprint density at radius 3 is 2.33 bits per heavy atom. The number of ketones is 1. The summed E-state index contributed by atoms with van der Waals surface area (Å²) in [6, 6.07) is 0. The van der Waals surface area contributed by atoms with Crippen molar-refractivity contribution in [3.05, 3.63) is 0 Å². The highest BCUT2D eigenvalue weighted by molar-refractivity contribution is 5.86. The van der Waals surface area contributed by atoms with E-state index in [-0.39, 0.29) is 6.42 Å². The second-order valence-electron chi connectivity index (χ2n) is 3.92. The molecular weight excluding hydrogens is 244 g/mol. The monoisotopic (exact) mass is 264 g/mol. The lowest BCUT2D eigenvalue weighted by atomic mass is 10.1. The third-order valence-corrected chi connectivity index (χ3v) is 2.34. The average Bonchev–Trinajstić information content (AvgIpc) is 2.39. The summed E-state index contributed by atoms with van der Waals surface area (Å²) >= 11 is 0. The third-order valence-electron chi connectivity index (χ3n) is 2.34. The molecule has 3 atom stereocenters. The van der Waals surface area contributed by atoms with E-state index >= 15 is 0 Å². The largest absolute Gasteiger partial charge is 0.458 e. The van der Waals surface area contributed by atoms with Gasteiger partial charge >= 0.3 is 5.97 Å². The van der Waals surface area contributed by atoms with E-state index in [1.807, 2.05) is 6.92 Å². The number of aliphatic hydroxyl groups excluding tert-OH is 4. The van der Waals surface area contributed by atoms with Gasteiger partial charge in [-0.25, -0.2) is 0 Å². The normalized spacial score (nSPS) is 15.8. The quantitative estimate of drug-likeness (QED) is 0.368. The molecule has 0 aliphatic heterocycles. The molecule has 0 aromatic rings. The first-order chi connectivity index (χ1) is 8.43. The maximum absolute atomic E-state index is 11.3. The van der Waals surface area contributed by atoms with Gasteiger partial charge in [0.15, 0.2) is 6.61 Å². The van der Waals surface area contributed by atoms with Crippen molar-refractivity contribution in [2.75, 3.05) is 13.2 Å². The number of unbranched alkanes of at least 4 members (excludes halogenated alkanes) is 1. The highest BCUT2D eigenvalue weighted by atomic mass is 16.5. The van der Waals surface area contributed by atoms with E-state index in [1.54, 1.807) is 0 Å². The third kappa shape index (κ3) is 6.06. The van der Waals surface area contributed by atoms with Gasteiger partial charge in [-0.3, -0.25) is 9.59 Å². The number of esters is 1. The maximum Gasteiger partial charge on any atom is 0.306 e. The van der Waals surface area contributed by atoms with E-state index in [1.165, 1.54) is 0 Å². The van der Waals surface area contributed by atoms with E-state index in [4.69, 9.17) is 10.2 Å². The molecule has 0 saturated heterocycles. The number of ether oxygens (including phenoxy) is 1. The fourth-order valence-corrected chi connectivity index (χ4v) is 1.14. The summed E-state index contributed by atoms with van der Waals surface area (Å²) in [5.74, 6) is -1.49. The van der Waals surface area contributed by atoms with Crippen LogP contribution in [0.15, 0.2) is 0 Å². The predicted octanol–water partition coefficient (Wildman–Crippen LogP) is -1.64. The van der Waals surface area contributed by atoms with Gasteiger partial charge in [0.25, 0.3) is 0 Å². The summed E-state index contributed by atoms with van der Waals surface area (Å²) in [6.07, 6.45) is -3.70. The van der Waals surface area contributed by atoms with Gasteiger partial charge in [-0.15, -0.1) is 0 Å². The fourth-order valence-electron chi connectivity index (χ4n) is 1.14. The van der Waals surface area contributed by atoms with Crippen molar-refractivity contribution in [2.45, 2.75) is 44.5 Å². The van der Waals surface area contributed by atoms with Crippen LogP contribution in [-0.2, 0) is 14.3 Å². The van der Waals surface area contributed by atoms with Gasteiger partial charge in [-0.1, -0.05) is 13.3 Å². The molecule has 0 aliphatic rings. The molecule has 0 aromatic carbocycles. The van der Waals surface area contributed by atoms with Crippen LogP contribution >= 0.6 is 0 Å². The lowest BCUT2D eigenvalue weighted by Crippen LogP contribution is -2.45. The Morgan fingerprint density at radius 1 is 1.22 bits per heavy atom. The zero-order chi connectivity index (χ0) is 14.1. The number of hydrogen-bond donors (Lipinski definition) is 4. The summed E-state index contributed by atoms with van der Waals surface area (Å²) in [5, 5.41) is 36.1. The van der Waals surface area contributed by atoms with Gasteiger partial charge in [0, 0.05) is 6.42 Å². The van der Waals surface area contributed by atoms with Crippen molar-refractivity contribution < 1.29 is 34.8 Å². The number of Topliss-reactive ketones (excluding diaryl/α,β-unsaturated/α-hetero) is 1. The van der Waals surface area contributed by atoms with Gasteiger partial charge in [-0.05, 0) is 6.42 Å². The molecule has 4 N–H and O–H groups in total. The minimum absolute atomic E-state index is 0.182. The molecule has 0 amide bonds. The molecule has 0 bridgehead atoms. The fraction of sp³-hybridized carbons (Fsp3) is 0.818. The van der Waals surface area contributed by atoms with Crippen molar-refractivity contribution in [1.29, 1.82) is 0 Å².